The van der Waals surface area contributed by atoms with Crippen LogP contribution < -0.4 is 14.8 Å². The van der Waals surface area contributed by atoms with E-state index in [2.05, 4.69) is 37.2 Å². The molecule has 0 fully saturated rings. The molecular weight excluding hydrogens is 504 g/mol. The van der Waals surface area contributed by atoms with E-state index in [4.69, 9.17) is 19.5 Å². The molecule has 0 heterocycles. The van der Waals surface area contributed by atoms with Gasteiger partial charge in [-0.1, -0.05) is 31.9 Å². The quantitative estimate of drug-likeness (QED) is 0.542. The summed E-state index contributed by atoms with van der Waals surface area (Å²) in [5.74, 6) is 1.34. The number of hydrogen-bond donors (Lipinski definition) is 1. The van der Waals surface area contributed by atoms with Crippen molar-refractivity contribution >= 4 is 38.0 Å². The second kappa shape index (κ2) is 11.7. The van der Waals surface area contributed by atoms with Crippen molar-refractivity contribution in [1.82, 2.24) is 5.32 Å². The third-order valence-corrected chi connectivity index (χ3v) is 4.33. The molecule has 0 saturated heterocycles. The third kappa shape index (κ3) is 9.20. The molecule has 2 rings (SSSR count). The van der Waals surface area contributed by atoms with Gasteiger partial charge in [0.25, 0.3) is 0 Å². The number of nitrogens with one attached hydrogen (secondary N) is 1. The summed E-state index contributed by atoms with van der Waals surface area (Å²) in [5.41, 5.74) is 0.936. The monoisotopic (exact) mass is 526 g/mol. The van der Waals surface area contributed by atoms with E-state index >= 15 is 0 Å². The van der Waals surface area contributed by atoms with Crippen LogP contribution in [0.2, 0.25) is 0 Å². The Labute approximate surface area is 188 Å². The minimum absolute atomic E-state index is 0.359. The number of hydrogen-bond acceptors (Lipinski definition) is 5. The molecular formula is C21H24Br2N2O4. The number of nitriles is 1. The molecule has 0 saturated carbocycles. The van der Waals surface area contributed by atoms with Crippen LogP contribution in [0, 0.1) is 11.3 Å². The van der Waals surface area contributed by atoms with Crippen LogP contribution in [0.3, 0.4) is 0 Å². The van der Waals surface area contributed by atoms with Crippen molar-refractivity contribution in [3.63, 3.8) is 0 Å². The van der Waals surface area contributed by atoms with Gasteiger partial charge in [0.15, 0.2) is 0 Å². The minimum atomic E-state index is -0.495. The predicted molar refractivity (Wildman–Crippen MR) is 119 cm³/mol. The predicted octanol–water partition coefficient (Wildman–Crippen LogP) is 5.81. The standard InChI is InChI=1S/C13H18BrNO3.C8H6BrNO/c1-13(2,3)18-12(16)15-8-9-7-10(14)5-6-11(9)17-4;1-11-8-3-2-7(9)4-6(8)5-10/h5-7H,8H2,1-4H3,(H,15,16);2-4H,1H3. The molecule has 0 radical (unpaired) electrons. The molecule has 2 aromatic rings. The first-order valence-corrected chi connectivity index (χ1v) is 10.2. The van der Waals surface area contributed by atoms with Crippen LogP contribution in [0.15, 0.2) is 45.3 Å². The molecule has 8 heteroatoms. The first-order chi connectivity index (χ1) is 13.6. The molecule has 0 aliphatic carbocycles. The zero-order chi connectivity index (χ0) is 22.0. The van der Waals surface area contributed by atoms with Gasteiger partial charge < -0.3 is 19.5 Å². The van der Waals surface area contributed by atoms with Crippen molar-refractivity contribution in [2.45, 2.75) is 32.9 Å². The third-order valence-electron chi connectivity index (χ3n) is 3.35. The zero-order valence-electron chi connectivity index (χ0n) is 17.0. The maximum Gasteiger partial charge on any atom is 0.407 e. The summed E-state index contributed by atoms with van der Waals surface area (Å²) in [4.78, 5) is 11.5. The minimum Gasteiger partial charge on any atom is -0.496 e. The number of rotatable bonds is 4. The van der Waals surface area contributed by atoms with Gasteiger partial charge in [-0.2, -0.15) is 5.26 Å². The van der Waals surface area contributed by atoms with E-state index in [0.717, 1.165) is 20.3 Å². The Bertz CT molecular complexity index is 874. The Balaban J connectivity index is 0.000000326. The largest absolute Gasteiger partial charge is 0.496 e. The van der Waals surface area contributed by atoms with Crippen LogP contribution in [0.25, 0.3) is 0 Å². The Morgan fingerprint density at radius 3 is 2.10 bits per heavy atom. The number of halogens is 2. The molecule has 0 unspecified atom stereocenters. The van der Waals surface area contributed by atoms with Gasteiger partial charge in [-0.3, -0.25) is 0 Å². The SMILES string of the molecule is COc1ccc(Br)cc1C#N.COc1ccc(Br)cc1CNC(=O)OC(C)(C)C. The molecule has 0 bridgehead atoms. The molecule has 6 nitrogen and oxygen atoms in total. The van der Waals surface area contributed by atoms with Crippen LogP contribution in [0.1, 0.15) is 31.9 Å². The molecule has 1 N–H and O–H groups in total. The highest BCUT2D eigenvalue weighted by atomic mass is 79.9. The van der Waals surface area contributed by atoms with Crippen LogP contribution in [0.5, 0.6) is 11.5 Å². The van der Waals surface area contributed by atoms with Gasteiger partial charge in [-0.25, -0.2) is 4.79 Å². The molecule has 29 heavy (non-hydrogen) atoms. The van der Waals surface area contributed by atoms with Crippen molar-refractivity contribution < 1.29 is 19.0 Å². The van der Waals surface area contributed by atoms with Crippen molar-refractivity contribution in [3.05, 3.63) is 56.5 Å². The van der Waals surface area contributed by atoms with Gasteiger partial charge in [-0.15, -0.1) is 0 Å². The van der Waals surface area contributed by atoms with Gasteiger partial charge >= 0.3 is 6.09 Å². The molecule has 156 valence electrons. The first kappa shape index (κ1) is 24.8. The molecule has 0 aliphatic rings. The fourth-order valence-corrected chi connectivity index (χ4v) is 2.90. The van der Waals surface area contributed by atoms with E-state index in [1.807, 2.05) is 51.1 Å². The number of benzene rings is 2. The number of ether oxygens (including phenoxy) is 3. The van der Waals surface area contributed by atoms with Crippen LogP contribution >= 0.6 is 31.9 Å². The molecule has 0 atom stereocenters. The summed E-state index contributed by atoms with van der Waals surface area (Å²) in [5, 5.41) is 11.3. The Morgan fingerprint density at radius 1 is 1.03 bits per heavy atom. The van der Waals surface area contributed by atoms with Crippen molar-refractivity contribution in [1.29, 1.82) is 5.26 Å². The van der Waals surface area contributed by atoms with Gasteiger partial charge in [0.2, 0.25) is 0 Å². The lowest BCUT2D eigenvalue weighted by molar-refractivity contribution is 0.0523. The molecule has 0 aromatic heterocycles. The number of nitrogens with zero attached hydrogens (tertiary/aromatic N) is 1. The van der Waals surface area contributed by atoms with Crippen LogP contribution in [-0.2, 0) is 11.3 Å². The lowest BCUT2D eigenvalue weighted by atomic mass is 10.2. The van der Waals surface area contributed by atoms with Crippen LogP contribution in [0.4, 0.5) is 4.79 Å². The molecule has 0 aliphatic heterocycles. The summed E-state index contributed by atoms with van der Waals surface area (Å²) in [7, 11) is 3.14. The lowest BCUT2D eigenvalue weighted by Gasteiger charge is -2.20. The van der Waals surface area contributed by atoms with Crippen molar-refractivity contribution in [3.8, 4) is 17.6 Å². The average molecular weight is 528 g/mol. The maximum atomic E-state index is 11.5. The van der Waals surface area contributed by atoms with Crippen molar-refractivity contribution in [2.75, 3.05) is 14.2 Å². The lowest BCUT2D eigenvalue weighted by Crippen LogP contribution is -2.32. The smallest absolute Gasteiger partial charge is 0.407 e. The normalized spacial score (nSPS) is 10.1. The second-order valence-corrected chi connectivity index (χ2v) is 8.60. The van der Waals surface area contributed by atoms with Crippen LogP contribution in [-0.4, -0.2) is 25.9 Å². The maximum absolute atomic E-state index is 11.5. The zero-order valence-corrected chi connectivity index (χ0v) is 20.2. The second-order valence-electron chi connectivity index (χ2n) is 6.77. The van der Waals surface area contributed by atoms with E-state index in [0.29, 0.717) is 17.9 Å². The first-order valence-electron chi connectivity index (χ1n) is 8.62. The fraction of sp³-hybridized carbons (Fsp3) is 0.333. The van der Waals surface area contributed by atoms with E-state index < -0.39 is 11.7 Å². The van der Waals surface area contributed by atoms with Gasteiger partial charge in [0, 0.05) is 21.1 Å². The van der Waals surface area contributed by atoms with Gasteiger partial charge in [0.1, 0.15) is 23.2 Å². The summed E-state index contributed by atoms with van der Waals surface area (Å²) in [6.07, 6.45) is -0.440. The van der Waals surface area contributed by atoms with E-state index in [1.54, 1.807) is 26.4 Å². The van der Waals surface area contributed by atoms with E-state index in [-0.39, 0.29) is 0 Å². The summed E-state index contributed by atoms with van der Waals surface area (Å²) >= 11 is 6.64. The van der Waals surface area contributed by atoms with E-state index in [9.17, 15) is 4.79 Å². The topological polar surface area (TPSA) is 80.6 Å². The average Bonchev–Trinajstić information content (AvgIpc) is 2.65. The molecule has 1 amide bonds. The summed E-state index contributed by atoms with van der Waals surface area (Å²) in [6, 6.07) is 13.0. The Morgan fingerprint density at radius 2 is 1.59 bits per heavy atom. The van der Waals surface area contributed by atoms with E-state index in [1.165, 1.54) is 0 Å². The summed E-state index contributed by atoms with van der Waals surface area (Å²) in [6.45, 7) is 5.84. The number of amides is 1. The highest BCUT2D eigenvalue weighted by Crippen LogP contribution is 2.23. The highest BCUT2D eigenvalue weighted by Gasteiger charge is 2.16. The van der Waals surface area contributed by atoms with Crippen molar-refractivity contribution in [2.24, 2.45) is 0 Å². The molecule has 0 spiro atoms. The van der Waals surface area contributed by atoms with Gasteiger partial charge in [0.05, 0.1) is 19.8 Å². The number of carbonyl (C=O) groups is 1. The summed E-state index contributed by atoms with van der Waals surface area (Å²) < 4.78 is 17.1. The van der Waals surface area contributed by atoms with Gasteiger partial charge in [-0.05, 0) is 57.2 Å². The Hall–Kier alpha value is -2.24. The number of methoxy groups -OCH3 is 2. The highest BCUT2D eigenvalue weighted by molar-refractivity contribution is 9.10. The fourth-order valence-electron chi connectivity index (χ4n) is 2.13. The molecule has 2 aromatic carbocycles. The Kier molecular flexibility index (Phi) is 9.99. The number of carbonyl (C=O) groups excluding carboxylic acids is 1. The number of alkyl carbamates (subject to hydrolysis) is 1.